The molecule has 0 spiro atoms. The lowest BCUT2D eigenvalue weighted by Gasteiger charge is -2.47. The van der Waals surface area contributed by atoms with Crippen LogP contribution in [0.1, 0.15) is 24.6 Å². The van der Waals surface area contributed by atoms with Crippen LogP contribution in [0.4, 0.5) is 17.1 Å². The quantitative estimate of drug-likeness (QED) is 0.783. The molecule has 166 valence electrons. The molecule has 2 fully saturated rings. The molecule has 31 heavy (non-hydrogen) atoms. The van der Waals surface area contributed by atoms with E-state index in [1.807, 2.05) is 0 Å². The summed E-state index contributed by atoms with van der Waals surface area (Å²) >= 11 is 0. The molecule has 0 bridgehead atoms. The van der Waals surface area contributed by atoms with E-state index in [-0.39, 0.29) is 18.6 Å². The summed E-state index contributed by atoms with van der Waals surface area (Å²) in [5.41, 5.74) is 18.1. The molecular weight excluding hydrogens is 388 g/mol. The van der Waals surface area contributed by atoms with Crippen molar-refractivity contribution < 1.29 is 4.74 Å². The van der Waals surface area contributed by atoms with Crippen molar-refractivity contribution in [3.63, 3.8) is 0 Å². The predicted molar refractivity (Wildman–Crippen MR) is 125 cm³/mol. The molecule has 0 radical (unpaired) electrons. The summed E-state index contributed by atoms with van der Waals surface area (Å²) in [6.45, 7) is 5.89. The van der Waals surface area contributed by atoms with Crippen molar-refractivity contribution in [2.45, 2.75) is 31.4 Å². The third-order valence-electron chi connectivity index (χ3n) is 6.91. The number of para-hydroxylation sites is 1. The number of piperazine rings is 1. The van der Waals surface area contributed by atoms with Gasteiger partial charge in [-0.1, -0.05) is 18.2 Å². The van der Waals surface area contributed by atoms with Crippen LogP contribution in [0.3, 0.4) is 0 Å². The minimum atomic E-state index is -0.344. The van der Waals surface area contributed by atoms with Crippen LogP contribution in [0, 0.1) is 0 Å². The first kappa shape index (κ1) is 20.7. The highest BCUT2D eigenvalue weighted by Gasteiger charge is 2.37. The fourth-order valence-electron chi connectivity index (χ4n) is 5.02. The molecule has 2 saturated heterocycles. The van der Waals surface area contributed by atoms with E-state index in [1.54, 1.807) is 0 Å². The molecule has 5 rings (SSSR count). The van der Waals surface area contributed by atoms with Gasteiger partial charge in [-0.15, -0.1) is 0 Å². The summed E-state index contributed by atoms with van der Waals surface area (Å²) in [6, 6.07) is 17.1. The van der Waals surface area contributed by atoms with E-state index in [1.165, 1.54) is 5.69 Å². The molecule has 3 unspecified atom stereocenters. The lowest BCUT2D eigenvalue weighted by atomic mass is 10.0. The summed E-state index contributed by atoms with van der Waals surface area (Å²) in [7, 11) is 2.18. The number of ether oxygens (including phenoxy) is 1. The third kappa shape index (κ3) is 4.04. The van der Waals surface area contributed by atoms with Gasteiger partial charge < -0.3 is 25.2 Å². The van der Waals surface area contributed by atoms with Crippen LogP contribution >= 0.6 is 0 Å². The Bertz CT molecular complexity index is 876. The number of benzene rings is 2. The van der Waals surface area contributed by atoms with Gasteiger partial charge in [0.15, 0.2) is 0 Å². The zero-order valence-electron chi connectivity index (χ0n) is 18.4. The van der Waals surface area contributed by atoms with E-state index in [2.05, 4.69) is 75.2 Å². The summed E-state index contributed by atoms with van der Waals surface area (Å²) in [5.74, 6) is 0. The number of nitrogens with zero attached hydrogens (tertiary/aromatic N) is 4. The third-order valence-corrected chi connectivity index (χ3v) is 6.91. The maximum absolute atomic E-state index is 6.84. The average Bonchev–Trinajstić information content (AvgIpc) is 3.31. The van der Waals surface area contributed by atoms with Gasteiger partial charge in [0.25, 0.3) is 0 Å². The molecule has 2 aromatic rings. The van der Waals surface area contributed by atoms with E-state index < -0.39 is 0 Å². The Morgan fingerprint density at radius 2 is 1.65 bits per heavy atom. The van der Waals surface area contributed by atoms with Crippen molar-refractivity contribution in [1.29, 1.82) is 0 Å². The summed E-state index contributed by atoms with van der Waals surface area (Å²) < 4.78 is 5.89. The maximum Gasteiger partial charge on any atom is 0.140 e. The van der Waals surface area contributed by atoms with Crippen molar-refractivity contribution in [3.05, 3.63) is 54.1 Å². The Kier molecular flexibility index (Phi) is 5.86. The second kappa shape index (κ2) is 8.76. The van der Waals surface area contributed by atoms with E-state index in [4.69, 9.17) is 16.2 Å². The van der Waals surface area contributed by atoms with Gasteiger partial charge in [-0.05, 0) is 50.2 Å². The van der Waals surface area contributed by atoms with Gasteiger partial charge in [-0.3, -0.25) is 5.73 Å². The summed E-state index contributed by atoms with van der Waals surface area (Å²) in [4.78, 5) is 9.21. The van der Waals surface area contributed by atoms with Gasteiger partial charge in [0.1, 0.15) is 6.29 Å². The largest absolute Gasteiger partial charge is 0.377 e. The Hall–Kier alpha value is -2.16. The molecule has 7 heteroatoms. The predicted octanol–water partition coefficient (Wildman–Crippen LogP) is 2.27. The van der Waals surface area contributed by atoms with Crippen molar-refractivity contribution in [2.75, 3.05) is 56.2 Å². The van der Waals surface area contributed by atoms with Gasteiger partial charge in [-0.25, -0.2) is 4.90 Å². The van der Waals surface area contributed by atoms with Gasteiger partial charge in [0.2, 0.25) is 0 Å². The second-order valence-corrected chi connectivity index (χ2v) is 8.93. The van der Waals surface area contributed by atoms with E-state index in [0.29, 0.717) is 0 Å². The van der Waals surface area contributed by atoms with Crippen LogP contribution in [-0.2, 0) is 4.74 Å². The highest BCUT2D eigenvalue weighted by molar-refractivity contribution is 5.70. The van der Waals surface area contributed by atoms with Crippen molar-refractivity contribution >= 4 is 17.1 Å². The minimum Gasteiger partial charge on any atom is -0.377 e. The lowest BCUT2D eigenvalue weighted by Crippen LogP contribution is -2.60. The molecule has 0 aromatic heterocycles. The Balaban J connectivity index is 1.43. The first-order chi connectivity index (χ1) is 15.1. The number of anilines is 3. The Labute approximate surface area is 185 Å². The SMILES string of the molecule is CN1CCN(c2ccc(N3c4ccccc4C(N)N(CC4CCCO4)C3N)cc2)CC1. The monoisotopic (exact) mass is 422 g/mol. The van der Waals surface area contributed by atoms with E-state index in [9.17, 15) is 0 Å². The zero-order valence-corrected chi connectivity index (χ0v) is 18.4. The summed E-state index contributed by atoms with van der Waals surface area (Å²) in [5, 5.41) is 0. The van der Waals surface area contributed by atoms with Crippen LogP contribution in [0.2, 0.25) is 0 Å². The number of fused-ring (bicyclic) bond motifs is 1. The van der Waals surface area contributed by atoms with Crippen LogP contribution in [0.15, 0.2) is 48.5 Å². The Morgan fingerprint density at radius 1 is 0.935 bits per heavy atom. The molecule has 0 amide bonds. The van der Waals surface area contributed by atoms with Gasteiger partial charge in [0.05, 0.1) is 12.3 Å². The second-order valence-electron chi connectivity index (χ2n) is 8.93. The molecule has 0 aliphatic carbocycles. The van der Waals surface area contributed by atoms with Crippen molar-refractivity contribution in [3.8, 4) is 0 Å². The number of likely N-dealkylation sites (N-methyl/N-ethyl adjacent to an activating group) is 1. The van der Waals surface area contributed by atoms with Crippen molar-refractivity contribution in [2.24, 2.45) is 11.5 Å². The van der Waals surface area contributed by atoms with E-state index >= 15 is 0 Å². The fourth-order valence-corrected chi connectivity index (χ4v) is 5.02. The number of nitrogens with two attached hydrogens (primary N) is 2. The van der Waals surface area contributed by atoms with Crippen LogP contribution < -0.4 is 21.3 Å². The maximum atomic E-state index is 6.84. The average molecular weight is 423 g/mol. The van der Waals surface area contributed by atoms with Gasteiger partial charge in [-0.2, -0.15) is 0 Å². The standard InChI is InChI=1S/C24H34N6O/c1-27-12-14-28(15-13-27)18-8-10-19(11-9-18)30-22-7-3-2-6-21(22)23(25)29(24(30)26)17-20-5-4-16-31-20/h2-3,6-11,20,23-24H,4-5,12-17,25-26H2,1H3. The smallest absolute Gasteiger partial charge is 0.140 e. The number of hydrogen-bond donors (Lipinski definition) is 2. The molecule has 2 aromatic carbocycles. The molecule has 3 atom stereocenters. The molecule has 4 N–H and O–H groups in total. The fraction of sp³-hybridized carbons (Fsp3) is 0.500. The molecular formula is C24H34N6O. The number of hydrogen-bond acceptors (Lipinski definition) is 7. The van der Waals surface area contributed by atoms with Crippen LogP contribution in [0.25, 0.3) is 0 Å². The lowest BCUT2D eigenvalue weighted by molar-refractivity contribution is 0.0342. The number of rotatable bonds is 4. The first-order valence-corrected chi connectivity index (χ1v) is 11.4. The normalized spacial score (nSPS) is 27.5. The highest BCUT2D eigenvalue weighted by atomic mass is 16.5. The molecule has 3 heterocycles. The molecule has 3 aliphatic heterocycles. The Morgan fingerprint density at radius 3 is 2.35 bits per heavy atom. The molecule has 7 nitrogen and oxygen atoms in total. The molecule has 3 aliphatic rings. The minimum absolute atomic E-state index is 0.198. The van der Waals surface area contributed by atoms with E-state index in [0.717, 1.165) is 69.1 Å². The topological polar surface area (TPSA) is 74.2 Å². The highest BCUT2D eigenvalue weighted by Crippen LogP contribution is 2.40. The van der Waals surface area contributed by atoms with Crippen molar-refractivity contribution in [1.82, 2.24) is 9.80 Å². The molecule has 0 saturated carbocycles. The van der Waals surface area contributed by atoms with Crippen LogP contribution in [0.5, 0.6) is 0 Å². The van der Waals surface area contributed by atoms with Gasteiger partial charge >= 0.3 is 0 Å². The first-order valence-electron chi connectivity index (χ1n) is 11.4. The van der Waals surface area contributed by atoms with Gasteiger partial charge in [0, 0.05) is 62.0 Å². The van der Waals surface area contributed by atoms with Crippen LogP contribution in [-0.4, -0.2) is 68.6 Å². The zero-order chi connectivity index (χ0) is 21.4. The summed E-state index contributed by atoms with van der Waals surface area (Å²) in [6.07, 6.45) is 1.79.